The summed E-state index contributed by atoms with van der Waals surface area (Å²) in [5.41, 5.74) is -1.57. The molecule has 0 saturated heterocycles. The second-order valence-electron chi connectivity index (χ2n) is 3.02. The molecule has 1 aromatic rings. The lowest BCUT2D eigenvalue weighted by Gasteiger charge is -2.18. The molecule has 0 amide bonds. The number of carbonyl (C=O) groups is 1. The number of hydrogen-bond acceptors (Lipinski definition) is 5. The minimum Gasteiger partial charge on any atom is -0.476 e. The summed E-state index contributed by atoms with van der Waals surface area (Å²) in [5, 5.41) is 26.8. The molecule has 76 valence electrons. The van der Waals surface area contributed by atoms with Crippen molar-refractivity contribution in [3.63, 3.8) is 0 Å². The highest BCUT2D eigenvalue weighted by molar-refractivity contribution is 5.84. The van der Waals surface area contributed by atoms with Crippen molar-refractivity contribution in [3.8, 4) is 0 Å². The van der Waals surface area contributed by atoms with Crippen molar-refractivity contribution >= 4 is 5.97 Å². The van der Waals surface area contributed by atoms with Gasteiger partial charge in [0.2, 0.25) is 0 Å². The maximum absolute atomic E-state index is 10.4. The lowest BCUT2D eigenvalue weighted by Crippen LogP contribution is -2.27. The van der Waals surface area contributed by atoms with Crippen molar-refractivity contribution in [2.45, 2.75) is 12.5 Å². The summed E-state index contributed by atoms with van der Waals surface area (Å²) in [5.74, 6) is -1.19. The molecule has 0 bridgehead atoms. The Kier molecular flexibility index (Phi) is 2.78. The molecule has 0 aromatic carbocycles. The largest absolute Gasteiger partial charge is 0.476 e. The standard InChI is InChI=1S/C8H10N2O4/c1-8(14,4-11)6-3-9-5(2-10-6)7(12)13/h2-3,11,14H,4H2,1H3,(H,12,13)/t8-/m1/s1. The van der Waals surface area contributed by atoms with Gasteiger partial charge in [-0.2, -0.15) is 0 Å². The zero-order valence-electron chi connectivity index (χ0n) is 7.51. The predicted octanol–water partition coefficient (Wildman–Crippen LogP) is -0.625. The molecule has 3 N–H and O–H groups in total. The molecule has 1 rings (SSSR count). The Bertz CT molecular complexity index is 334. The van der Waals surface area contributed by atoms with Crippen LogP contribution in [0.3, 0.4) is 0 Å². The van der Waals surface area contributed by atoms with E-state index in [1.54, 1.807) is 0 Å². The van der Waals surface area contributed by atoms with E-state index in [2.05, 4.69) is 9.97 Å². The third kappa shape index (κ3) is 2.04. The monoisotopic (exact) mass is 198 g/mol. The van der Waals surface area contributed by atoms with Crippen LogP contribution in [-0.4, -0.2) is 37.9 Å². The van der Waals surface area contributed by atoms with Crippen LogP contribution in [0.2, 0.25) is 0 Å². The number of rotatable bonds is 3. The fraction of sp³-hybridized carbons (Fsp3) is 0.375. The quantitative estimate of drug-likeness (QED) is 0.597. The van der Waals surface area contributed by atoms with Crippen molar-refractivity contribution in [2.75, 3.05) is 6.61 Å². The van der Waals surface area contributed by atoms with Crippen LogP contribution in [0.4, 0.5) is 0 Å². The Hall–Kier alpha value is -1.53. The molecule has 0 aliphatic rings. The van der Waals surface area contributed by atoms with E-state index in [1.807, 2.05) is 0 Å². The highest BCUT2D eigenvalue weighted by atomic mass is 16.4. The molecular weight excluding hydrogens is 188 g/mol. The molecule has 1 atom stereocenters. The van der Waals surface area contributed by atoms with Gasteiger partial charge in [0.15, 0.2) is 5.69 Å². The predicted molar refractivity (Wildman–Crippen MR) is 45.6 cm³/mol. The molecule has 0 unspecified atom stereocenters. The van der Waals surface area contributed by atoms with Crippen LogP contribution in [-0.2, 0) is 5.60 Å². The SMILES string of the molecule is C[C@@](O)(CO)c1cnc(C(=O)O)cn1. The van der Waals surface area contributed by atoms with Crippen LogP contribution in [0.15, 0.2) is 12.4 Å². The van der Waals surface area contributed by atoms with Gasteiger partial charge in [0.05, 0.1) is 24.7 Å². The first-order valence-corrected chi connectivity index (χ1v) is 3.86. The third-order valence-electron chi connectivity index (χ3n) is 1.73. The third-order valence-corrected chi connectivity index (χ3v) is 1.73. The topological polar surface area (TPSA) is 104 Å². The molecule has 6 heteroatoms. The zero-order valence-corrected chi connectivity index (χ0v) is 7.51. The van der Waals surface area contributed by atoms with Crippen LogP contribution in [0.25, 0.3) is 0 Å². The fourth-order valence-electron chi connectivity index (χ4n) is 0.798. The van der Waals surface area contributed by atoms with E-state index in [4.69, 9.17) is 10.2 Å². The van der Waals surface area contributed by atoms with Gasteiger partial charge in [0.1, 0.15) is 5.60 Å². The van der Waals surface area contributed by atoms with Gasteiger partial charge in [0.25, 0.3) is 0 Å². The summed E-state index contributed by atoms with van der Waals surface area (Å²) in [7, 11) is 0. The molecule has 0 aliphatic heterocycles. The van der Waals surface area contributed by atoms with Crippen LogP contribution >= 0.6 is 0 Å². The van der Waals surface area contributed by atoms with Crippen LogP contribution in [0.1, 0.15) is 23.1 Å². The average molecular weight is 198 g/mol. The molecule has 0 saturated carbocycles. The number of carboxylic acids is 1. The highest BCUT2D eigenvalue weighted by Gasteiger charge is 2.24. The maximum atomic E-state index is 10.4. The average Bonchev–Trinajstić information content (AvgIpc) is 2.18. The van der Waals surface area contributed by atoms with E-state index in [-0.39, 0.29) is 11.4 Å². The van der Waals surface area contributed by atoms with Gasteiger partial charge in [-0.25, -0.2) is 9.78 Å². The molecule has 0 aliphatic carbocycles. The van der Waals surface area contributed by atoms with Crippen molar-refractivity contribution in [3.05, 3.63) is 23.8 Å². The normalized spacial score (nSPS) is 14.8. The van der Waals surface area contributed by atoms with Gasteiger partial charge in [0, 0.05) is 0 Å². The molecule has 0 spiro atoms. The molecule has 14 heavy (non-hydrogen) atoms. The number of aromatic carboxylic acids is 1. The van der Waals surface area contributed by atoms with Crippen LogP contribution < -0.4 is 0 Å². The Morgan fingerprint density at radius 1 is 1.50 bits per heavy atom. The van der Waals surface area contributed by atoms with E-state index in [0.29, 0.717) is 0 Å². The first-order chi connectivity index (χ1) is 6.47. The molecular formula is C8H10N2O4. The van der Waals surface area contributed by atoms with Gasteiger partial charge >= 0.3 is 5.97 Å². The lowest BCUT2D eigenvalue weighted by atomic mass is 10.1. The van der Waals surface area contributed by atoms with Gasteiger partial charge in [-0.1, -0.05) is 0 Å². The van der Waals surface area contributed by atoms with Gasteiger partial charge < -0.3 is 15.3 Å². The number of nitrogens with zero attached hydrogens (tertiary/aromatic N) is 2. The van der Waals surface area contributed by atoms with Gasteiger partial charge in [-0.05, 0) is 6.92 Å². The smallest absolute Gasteiger partial charge is 0.356 e. The first-order valence-electron chi connectivity index (χ1n) is 3.86. The zero-order chi connectivity index (χ0) is 10.8. The molecule has 0 radical (unpaired) electrons. The van der Waals surface area contributed by atoms with Crippen molar-refractivity contribution in [1.82, 2.24) is 9.97 Å². The Morgan fingerprint density at radius 3 is 2.50 bits per heavy atom. The Morgan fingerprint density at radius 2 is 2.14 bits per heavy atom. The van der Waals surface area contributed by atoms with Crippen molar-refractivity contribution in [2.24, 2.45) is 0 Å². The van der Waals surface area contributed by atoms with Crippen LogP contribution in [0, 0.1) is 0 Å². The van der Waals surface area contributed by atoms with Crippen LogP contribution in [0.5, 0.6) is 0 Å². The summed E-state index contributed by atoms with van der Waals surface area (Å²) in [4.78, 5) is 17.7. The summed E-state index contributed by atoms with van der Waals surface area (Å²) in [6.07, 6.45) is 2.15. The summed E-state index contributed by atoms with van der Waals surface area (Å²) < 4.78 is 0. The second kappa shape index (κ2) is 3.69. The number of aliphatic hydroxyl groups is 2. The van der Waals surface area contributed by atoms with Crippen molar-refractivity contribution in [1.29, 1.82) is 0 Å². The molecule has 0 fully saturated rings. The van der Waals surface area contributed by atoms with Gasteiger partial charge in [-0.3, -0.25) is 4.98 Å². The number of hydrogen-bond donors (Lipinski definition) is 3. The minimum atomic E-state index is -1.50. The maximum Gasteiger partial charge on any atom is 0.356 e. The fourth-order valence-corrected chi connectivity index (χ4v) is 0.798. The van der Waals surface area contributed by atoms with Gasteiger partial charge in [-0.15, -0.1) is 0 Å². The van der Waals surface area contributed by atoms with E-state index in [9.17, 15) is 9.90 Å². The number of aromatic nitrogens is 2. The summed E-state index contributed by atoms with van der Waals surface area (Å²) >= 11 is 0. The summed E-state index contributed by atoms with van der Waals surface area (Å²) in [6.45, 7) is 0.853. The van der Waals surface area contributed by atoms with Crippen molar-refractivity contribution < 1.29 is 20.1 Å². The van der Waals surface area contributed by atoms with E-state index >= 15 is 0 Å². The lowest BCUT2D eigenvalue weighted by molar-refractivity contribution is -0.00623. The van der Waals surface area contributed by atoms with E-state index in [1.165, 1.54) is 6.92 Å². The Labute approximate surface area is 79.9 Å². The number of aliphatic hydroxyl groups excluding tert-OH is 1. The molecule has 1 heterocycles. The van der Waals surface area contributed by atoms with E-state index in [0.717, 1.165) is 12.4 Å². The second-order valence-corrected chi connectivity index (χ2v) is 3.02. The molecule has 1 aromatic heterocycles. The highest BCUT2D eigenvalue weighted by Crippen LogP contribution is 2.15. The summed E-state index contributed by atoms with van der Waals surface area (Å²) in [6, 6.07) is 0. The molecule has 6 nitrogen and oxygen atoms in total. The van der Waals surface area contributed by atoms with E-state index < -0.39 is 18.2 Å². The minimum absolute atomic E-state index is 0.130. The number of carboxylic acid groups (broad SMARTS) is 1. The first kappa shape index (κ1) is 10.6. The Balaban J connectivity index is 2.99.